The summed E-state index contributed by atoms with van der Waals surface area (Å²) in [5.74, 6) is 0. The van der Waals surface area contributed by atoms with Crippen molar-refractivity contribution in [3.05, 3.63) is 62.7 Å². The molecule has 2 atom stereocenters. The van der Waals surface area contributed by atoms with Crippen LogP contribution in [0.2, 0.25) is 0 Å². The van der Waals surface area contributed by atoms with Crippen LogP contribution in [0.25, 0.3) is 62.7 Å². The molecule has 2 unspecified atom stereocenters. The average molecular weight is 348 g/mol. The zero-order valence-electron chi connectivity index (χ0n) is 12.2. The average Bonchev–Trinajstić information content (AvgIpc) is 2.61. The van der Waals surface area contributed by atoms with Crippen molar-refractivity contribution in [2.75, 3.05) is 13.1 Å². The van der Waals surface area contributed by atoms with E-state index in [0.29, 0.717) is 0 Å². The lowest BCUT2D eigenvalue weighted by Gasteiger charge is -2.26. The van der Waals surface area contributed by atoms with Gasteiger partial charge in [0, 0.05) is 29.5 Å². The highest BCUT2D eigenvalue weighted by atomic mass is 16.5. The van der Waals surface area contributed by atoms with E-state index < -0.39 is 37.6 Å². The molecule has 0 bridgehead atoms. The smallest absolute Gasteiger partial charge is 0.142 e. The van der Waals surface area contributed by atoms with Crippen LogP contribution in [0.3, 0.4) is 0 Å². The highest BCUT2D eigenvalue weighted by Gasteiger charge is 2.28. The predicted molar refractivity (Wildman–Crippen MR) is 80.8 cm³/mol. The van der Waals surface area contributed by atoms with Crippen LogP contribution in [0.1, 0.15) is 0 Å². The van der Waals surface area contributed by atoms with E-state index in [1.807, 2.05) is 0 Å². The Morgan fingerprint density at radius 3 is 1.12 bits per heavy atom. The first-order chi connectivity index (χ1) is 12.2. The van der Waals surface area contributed by atoms with Gasteiger partial charge in [-0.2, -0.15) is 0 Å². The zero-order chi connectivity index (χ0) is 18.9. The first kappa shape index (κ1) is 20.8. The lowest BCUT2D eigenvalue weighted by molar-refractivity contribution is -0.0249. The molecule has 0 amide bonds. The molecule has 25 heavy (non-hydrogen) atoms. The molecule has 0 radical (unpaired) electrons. The maximum Gasteiger partial charge on any atom is 0.142 e. The molecular weight excluding hydrogens is 340 g/mol. The molecule has 0 aromatic heterocycles. The standard InChI is InChI=1S/C6H8N18O/c7-19-13-1-3(5(15-21-9)16-22-10)25-4(2-14-20-8)6(17-23-11)18-24-12/h3-6H,1-2H2. The zero-order valence-corrected chi connectivity index (χ0v) is 12.2. The number of nitrogens with zero attached hydrogens (tertiary/aromatic N) is 18. The van der Waals surface area contributed by atoms with Crippen LogP contribution in [0.15, 0.2) is 30.7 Å². The first-order valence-corrected chi connectivity index (χ1v) is 6.02. The van der Waals surface area contributed by atoms with E-state index in [4.69, 9.17) is 37.9 Å². The van der Waals surface area contributed by atoms with Crippen molar-refractivity contribution in [2.45, 2.75) is 24.5 Å². The molecule has 0 saturated heterocycles. The van der Waals surface area contributed by atoms with Crippen molar-refractivity contribution in [1.82, 2.24) is 0 Å². The Labute approximate surface area is 136 Å². The van der Waals surface area contributed by atoms with Gasteiger partial charge < -0.3 is 4.74 Å². The number of ether oxygens (including phenoxy) is 1. The van der Waals surface area contributed by atoms with Gasteiger partial charge in [0.1, 0.15) is 12.3 Å². The molecule has 0 N–H and O–H groups in total. The Balaban J connectivity index is 5.82. The van der Waals surface area contributed by atoms with Gasteiger partial charge in [-0.15, -0.1) is 0 Å². The Kier molecular flexibility index (Phi) is 11.2. The molecule has 0 aliphatic heterocycles. The molecule has 0 aliphatic rings. The quantitative estimate of drug-likeness (QED) is 0.278. The number of azide groups is 4. The third kappa shape index (κ3) is 8.13. The van der Waals surface area contributed by atoms with E-state index in [1.165, 1.54) is 0 Å². The van der Waals surface area contributed by atoms with Crippen molar-refractivity contribution in [2.24, 2.45) is 30.7 Å². The van der Waals surface area contributed by atoms with Gasteiger partial charge in [-0.05, 0) is 33.2 Å². The minimum absolute atomic E-state index is 0.453. The van der Waals surface area contributed by atoms with Gasteiger partial charge in [-0.1, -0.05) is 30.7 Å². The molecule has 0 aromatic carbocycles. The van der Waals surface area contributed by atoms with Gasteiger partial charge in [-0.25, -0.2) is 0 Å². The summed E-state index contributed by atoms with van der Waals surface area (Å²) in [6.45, 7) is -0.906. The molecule has 19 nitrogen and oxygen atoms in total. The van der Waals surface area contributed by atoms with Gasteiger partial charge >= 0.3 is 0 Å². The number of hydrogen-bond acceptors (Lipinski definition) is 7. The lowest BCUT2D eigenvalue weighted by atomic mass is 10.2. The largest absolute Gasteiger partial charge is 0.374 e. The second kappa shape index (κ2) is 13.5. The van der Waals surface area contributed by atoms with Crippen molar-refractivity contribution >= 4 is 0 Å². The summed E-state index contributed by atoms with van der Waals surface area (Å²) in [5, 5.41) is 19.2. The van der Waals surface area contributed by atoms with Gasteiger partial charge in [0.05, 0.1) is 25.3 Å². The maximum atomic E-state index is 8.51. The number of hydrogen-bond donors (Lipinski definition) is 0. The number of rotatable bonds is 12. The first-order valence-electron chi connectivity index (χ1n) is 6.02. The van der Waals surface area contributed by atoms with Crippen LogP contribution in [0.4, 0.5) is 0 Å². The second-order valence-corrected chi connectivity index (χ2v) is 3.69. The van der Waals surface area contributed by atoms with Crippen LogP contribution in [0, 0.1) is 0 Å². The monoisotopic (exact) mass is 348 g/mol. The van der Waals surface area contributed by atoms with E-state index >= 15 is 0 Å². The summed E-state index contributed by atoms with van der Waals surface area (Å²) in [7, 11) is 0. The SMILES string of the molecule is [N-]=[N+]=NCC(OC(CN=[N+]=[N-])C(N=[N+]=[N-])N=[N+]=[N-])C(N=[N+]=[N-])N=[N+]=[N-]. The highest BCUT2D eigenvalue weighted by molar-refractivity contribution is 4.84. The van der Waals surface area contributed by atoms with Crippen LogP contribution in [-0.2, 0) is 4.74 Å². The normalized spacial score (nSPS) is 13.4. The van der Waals surface area contributed by atoms with Crippen LogP contribution in [-0.4, -0.2) is 37.6 Å². The van der Waals surface area contributed by atoms with Crippen molar-refractivity contribution < 1.29 is 4.74 Å². The second-order valence-electron chi connectivity index (χ2n) is 3.69. The third-order valence-electron chi connectivity index (χ3n) is 2.34. The van der Waals surface area contributed by atoms with Crippen molar-refractivity contribution in [3.8, 4) is 0 Å². The Morgan fingerprint density at radius 1 is 0.560 bits per heavy atom. The van der Waals surface area contributed by atoms with Gasteiger partial charge in [0.15, 0.2) is 0 Å². The maximum absolute atomic E-state index is 8.51. The van der Waals surface area contributed by atoms with E-state index in [9.17, 15) is 0 Å². The minimum Gasteiger partial charge on any atom is -0.374 e. The molecule has 0 fully saturated rings. The fourth-order valence-corrected chi connectivity index (χ4v) is 1.43. The molecule has 19 heteroatoms. The third-order valence-corrected chi connectivity index (χ3v) is 2.34. The summed E-state index contributed by atoms with van der Waals surface area (Å²) < 4.78 is 5.40. The molecular formula is C6H8N18O. The summed E-state index contributed by atoms with van der Waals surface area (Å²) in [6.07, 6.45) is -5.59. The van der Waals surface area contributed by atoms with Gasteiger partial charge in [0.25, 0.3) is 0 Å². The van der Waals surface area contributed by atoms with E-state index in [0.717, 1.165) is 0 Å². The summed E-state index contributed by atoms with van der Waals surface area (Å²) in [6, 6.07) is 0. The van der Waals surface area contributed by atoms with Crippen molar-refractivity contribution in [3.63, 3.8) is 0 Å². The summed E-state index contributed by atoms with van der Waals surface area (Å²) >= 11 is 0. The molecule has 0 saturated carbocycles. The van der Waals surface area contributed by atoms with Gasteiger partial charge in [-0.3, -0.25) is 0 Å². The molecule has 128 valence electrons. The van der Waals surface area contributed by atoms with Crippen LogP contribution >= 0.6 is 0 Å². The van der Waals surface area contributed by atoms with E-state index in [2.05, 4.69) is 60.2 Å². The molecule has 0 spiro atoms. The molecule has 0 aromatic rings. The fraction of sp³-hybridized carbons (Fsp3) is 1.00. The Morgan fingerprint density at radius 2 is 0.880 bits per heavy atom. The fourth-order valence-electron chi connectivity index (χ4n) is 1.43. The molecule has 0 heterocycles. The van der Waals surface area contributed by atoms with Crippen LogP contribution in [0.5, 0.6) is 0 Å². The highest BCUT2D eigenvalue weighted by Crippen LogP contribution is 2.16. The summed E-state index contributed by atoms with van der Waals surface area (Å²) in [5.41, 5.74) is 50.8. The minimum atomic E-state index is -1.48. The van der Waals surface area contributed by atoms with Crippen molar-refractivity contribution in [1.29, 1.82) is 0 Å². The topological polar surface area (TPSA) is 302 Å². The molecule has 0 rings (SSSR count). The van der Waals surface area contributed by atoms with E-state index in [1.54, 1.807) is 0 Å². The Bertz CT molecular complexity index is 621. The summed E-state index contributed by atoms with van der Waals surface area (Å²) in [4.78, 5) is 14.9. The van der Waals surface area contributed by atoms with Gasteiger partial charge in [0.2, 0.25) is 0 Å². The molecule has 0 aliphatic carbocycles. The van der Waals surface area contributed by atoms with Crippen LogP contribution < -0.4 is 0 Å². The van der Waals surface area contributed by atoms with E-state index in [-0.39, 0.29) is 0 Å². The predicted octanol–water partition coefficient (Wildman–Crippen LogP) is 4.25. The Hall–Kier alpha value is -4.18. The lowest BCUT2D eigenvalue weighted by Crippen LogP contribution is -2.38.